The molecule has 0 spiro atoms. The Morgan fingerprint density at radius 1 is 1.20 bits per heavy atom. The molecule has 3 N–H and O–H groups in total. The molecule has 0 fully saturated rings. The first-order valence-electron chi connectivity index (χ1n) is 10.0. The lowest BCUT2D eigenvalue weighted by Gasteiger charge is -2.20. The van der Waals surface area contributed by atoms with Crippen LogP contribution >= 0.6 is 11.8 Å². The number of thioether (sulfide) groups is 1. The van der Waals surface area contributed by atoms with Gasteiger partial charge in [-0.3, -0.25) is 4.79 Å². The van der Waals surface area contributed by atoms with Crippen molar-refractivity contribution in [3.05, 3.63) is 65.0 Å². The fraction of sp³-hybridized carbons (Fsp3) is 0.318. The summed E-state index contributed by atoms with van der Waals surface area (Å²) in [7, 11) is 0. The van der Waals surface area contributed by atoms with E-state index in [0.29, 0.717) is 16.5 Å². The molecule has 0 unspecified atom stereocenters. The SMILES string of the molecule is C[C@H](NC(=O)CSc1nnc(-c2cccc(F)c2)n1N)c1ccc2c(c1)CCCC2. The number of hydrogen-bond acceptors (Lipinski definition) is 5. The van der Waals surface area contributed by atoms with Gasteiger partial charge in [-0.2, -0.15) is 0 Å². The van der Waals surface area contributed by atoms with Crippen LogP contribution in [0.4, 0.5) is 4.39 Å². The third kappa shape index (κ3) is 4.48. The maximum atomic E-state index is 13.4. The number of aryl methyl sites for hydroxylation is 2. The first-order chi connectivity index (χ1) is 14.5. The molecule has 0 bridgehead atoms. The molecule has 0 saturated carbocycles. The van der Waals surface area contributed by atoms with E-state index in [1.807, 2.05) is 6.92 Å². The Hall–Kier alpha value is -2.87. The molecule has 1 heterocycles. The quantitative estimate of drug-likeness (QED) is 0.465. The van der Waals surface area contributed by atoms with Crippen molar-refractivity contribution in [2.75, 3.05) is 11.6 Å². The lowest BCUT2D eigenvalue weighted by molar-refractivity contribution is -0.119. The van der Waals surface area contributed by atoms with E-state index in [2.05, 4.69) is 33.7 Å². The summed E-state index contributed by atoms with van der Waals surface area (Å²) in [5.74, 6) is 6.07. The Morgan fingerprint density at radius 2 is 2.00 bits per heavy atom. The highest BCUT2D eigenvalue weighted by Gasteiger charge is 2.17. The van der Waals surface area contributed by atoms with E-state index in [9.17, 15) is 9.18 Å². The van der Waals surface area contributed by atoms with Crippen LogP contribution in [0.5, 0.6) is 0 Å². The molecule has 3 aromatic rings. The maximum absolute atomic E-state index is 13.4. The van der Waals surface area contributed by atoms with Gasteiger partial charge in [0.15, 0.2) is 5.82 Å². The van der Waals surface area contributed by atoms with Crippen LogP contribution in [0, 0.1) is 5.82 Å². The molecular formula is C22H24FN5OS. The number of amides is 1. The average Bonchev–Trinajstić information content (AvgIpc) is 3.12. The third-order valence-electron chi connectivity index (χ3n) is 5.33. The van der Waals surface area contributed by atoms with E-state index in [1.165, 1.54) is 52.5 Å². The number of nitrogens with zero attached hydrogens (tertiary/aromatic N) is 3. The third-order valence-corrected chi connectivity index (χ3v) is 6.27. The van der Waals surface area contributed by atoms with Crippen LogP contribution in [0.25, 0.3) is 11.4 Å². The van der Waals surface area contributed by atoms with Gasteiger partial charge >= 0.3 is 0 Å². The van der Waals surface area contributed by atoms with Gasteiger partial charge in [-0.1, -0.05) is 42.1 Å². The topological polar surface area (TPSA) is 85.8 Å². The summed E-state index contributed by atoms with van der Waals surface area (Å²) in [4.78, 5) is 12.4. The Kier molecular flexibility index (Phi) is 6.03. The normalized spacial score (nSPS) is 14.2. The van der Waals surface area contributed by atoms with Crippen molar-refractivity contribution in [1.82, 2.24) is 20.2 Å². The summed E-state index contributed by atoms with van der Waals surface area (Å²) in [5.41, 5.74) is 4.47. The van der Waals surface area contributed by atoms with Gasteiger partial charge in [0.25, 0.3) is 0 Å². The fourth-order valence-corrected chi connectivity index (χ4v) is 4.39. The number of rotatable bonds is 6. The Morgan fingerprint density at radius 3 is 2.80 bits per heavy atom. The van der Waals surface area contributed by atoms with E-state index < -0.39 is 0 Å². The molecule has 1 aliphatic carbocycles. The number of aromatic nitrogens is 3. The van der Waals surface area contributed by atoms with Crippen molar-refractivity contribution < 1.29 is 9.18 Å². The van der Waals surface area contributed by atoms with Crippen molar-refractivity contribution in [2.24, 2.45) is 0 Å². The molecule has 1 amide bonds. The molecule has 8 heteroatoms. The summed E-state index contributed by atoms with van der Waals surface area (Å²) in [6, 6.07) is 12.4. The number of fused-ring (bicyclic) bond motifs is 1. The second-order valence-corrected chi connectivity index (χ2v) is 8.44. The van der Waals surface area contributed by atoms with Crippen LogP contribution in [0.15, 0.2) is 47.6 Å². The molecule has 1 atom stereocenters. The monoisotopic (exact) mass is 425 g/mol. The van der Waals surface area contributed by atoms with Gasteiger partial charge in [0.1, 0.15) is 5.82 Å². The highest BCUT2D eigenvalue weighted by Crippen LogP contribution is 2.25. The molecule has 4 rings (SSSR count). The van der Waals surface area contributed by atoms with Crippen molar-refractivity contribution in [1.29, 1.82) is 0 Å². The molecule has 1 aliphatic rings. The van der Waals surface area contributed by atoms with Crippen molar-refractivity contribution >= 4 is 17.7 Å². The predicted molar refractivity (Wildman–Crippen MR) is 116 cm³/mol. The number of nitrogens with two attached hydrogens (primary N) is 1. The van der Waals surface area contributed by atoms with E-state index in [1.54, 1.807) is 12.1 Å². The van der Waals surface area contributed by atoms with Gasteiger partial charge in [-0.25, -0.2) is 9.07 Å². The molecule has 0 radical (unpaired) electrons. The highest BCUT2D eigenvalue weighted by molar-refractivity contribution is 7.99. The zero-order chi connectivity index (χ0) is 21.1. The number of benzene rings is 2. The van der Waals surface area contributed by atoms with Crippen LogP contribution in [0.1, 0.15) is 42.5 Å². The highest BCUT2D eigenvalue weighted by atomic mass is 32.2. The van der Waals surface area contributed by atoms with E-state index in [-0.39, 0.29) is 23.5 Å². The summed E-state index contributed by atoms with van der Waals surface area (Å²) >= 11 is 1.19. The summed E-state index contributed by atoms with van der Waals surface area (Å²) < 4.78 is 14.7. The molecule has 0 saturated heterocycles. The van der Waals surface area contributed by atoms with E-state index >= 15 is 0 Å². The molecule has 6 nitrogen and oxygen atoms in total. The first kappa shape index (κ1) is 20.4. The minimum atomic E-state index is -0.375. The van der Waals surface area contributed by atoms with Crippen LogP contribution in [0.2, 0.25) is 0 Å². The second kappa shape index (κ2) is 8.87. The van der Waals surface area contributed by atoms with Crippen LogP contribution in [0.3, 0.4) is 0 Å². The van der Waals surface area contributed by atoms with Gasteiger partial charge in [0, 0.05) is 5.56 Å². The number of hydrogen-bond donors (Lipinski definition) is 2. The number of nitrogens with one attached hydrogen (secondary N) is 1. The zero-order valence-electron chi connectivity index (χ0n) is 16.8. The first-order valence-corrected chi connectivity index (χ1v) is 11.0. The number of carbonyl (C=O) groups is 1. The van der Waals surface area contributed by atoms with Crippen molar-refractivity contribution in [2.45, 2.75) is 43.8 Å². The Labute approximate surface area is 179 Å². The van der Waals surface area contributed by atoms with E-state index in [4.69, 9.17) is 5.84 Å². The summed E-state index contributed by atoms with van der Waals surface area (Å²) in [6.07, 6.45) is 4.73. The van der Waals surface area contributed by atoms with Gasteiger partial charge < -0.3 is 11.2 Å². The lowest BCUT2D eigenvalue weighted by Crippen LogP contribution is -2.28. The fourth-order valence-electron chi connectivity index (χ4n) is 3.72. The average molecular weight is 426 g/mol. The predicted octanol–water partition coefficient (Wildman–Crippen LogP) is 3.65. The standard InChI is InChI=1S/C22H24FN5OS/c1-14(16-10-9-15-5-2-3-6-17(15)11-16)25-20(29)13-30-22-27-26-21(28(22)24)18-7-4-8-19(23)12-18/h4,7-12,14H,2-3,5-6,13,24H2,1H3,(H,25,29)/t14-/m0/s1. The molecule has 1 aromatic heterocycles. The molecule has 2 aromatic carbocycles. The van der Waals surface area contributed by atoms with Crippen LogP contribution in [-0.4, -0.2) is 26.5 Å². The van der Waals surface area contributed by atoms with Gasteiger partial charge in [0.05, 0.1) is 11.8 Å². The zero-order valence-corrected chi connectivity index (χ0v) is 17.6. The van der Waals surface area contributed by atoms with E-state index in [0.717, 1.165) is 18.4 Å². The molecular weight excluding hydrogens is 401 g/mol. The summed E-state index contributed by atoms with van der Waals surface area (Å²) in [6.45, 7) is 1.99. The van der Waals surface area contributed by atoms with Crippen molar-refractivity contribution in [3.63, 3.8) is 0 Å². The largest absolute Gasteiger partial charge is 0.349 e. The smallest absolute Gasteiger partial charge is 0.230 e. The minimum Gasteiger partial charge on any atom is -0.349 e. The van der Waals surface area contributed by atoms with Gasteiger partial charge in [-0.05, 0) is 61.4 Å². The number of nitrogen functional groups attached to an aromatic ring is 1. The van der Waals surface area contributed by atoms with Crippen molar-refractivity contribution in [3.8, 4) is 11.4 Å². The van der Waals surface area contributed by atoms with Crippen LogP contribution in [-0.2, 0) is 17.6 Å². The van der Waals surface area contributed by atoms with Gasteiger partial charge in [-0.15, -0.1) is 10.2 Å². The Balaban J connectivity index is 1.36. The maximum Gasteiger partial charge on any atom is 0.230 e. The minimum absolute atomic E-state index is 0.0797. The number of carbonyl (C=O) groups excluding carboxylic acids is 1. The Bertz CT molecular complexity index is 1070. The van der Waals surface area contributed by atoms with Crippen LogP contribution < -0.4 is 11.2 Å². The molecule has 156 valence electrons. The molecule has 30 heavy (non-hydrogen) atoms. The lowest BCUT2D eigenvalue weighted by atomic mass is 9.89. The van der Waals surface area contributed by atoms with Gasteiger partial charge in [0.2, 0.25) is 11.1 Å². The summed E-state index contributed by atoms with van der Waals surface area (Å²) in [5, 5.41) is 11.5. The molecule has 0 aliphatic heterocycles. The second-order valence-electron chi connectivity index (χ2n) is 7.50. The number of halogens is 1.